The summed E-state index contributed by atoms with van der Waals surface area (Å²) in [6.45, 7) is 3.72. The standard InChI is InChI=1S/C24H23N3O4S/c1-14(2)21(26-22(28)18-8-6-12-31-18)23(29)25-15-10-11-17-20(13-15)32-19-9-5-4-7-16(19)24(30)27(17)3/h4-14,21H,1-3H3,(H,25,29)(H,26,28)/t21-/m1/s1. The number of carbonyl (C=O) groups excluding carboxylic acids is 3. The average Bonchev–Trinajstić information content (AvgIpc) is 3.29. The molecule has 1 aromatic heterocycles. The predicted molar refractivity (Wildman–Crippen MR) is 123 cm³/mol. The number of fused-ring (bicyclic) bond motifs is 2. The molecule has 2 heterocycles. The highest BCUT2D eigenvalue weighted by Crippen LogP contribution is 2.42. The van der Waals surface area contributed by atoms with E-state index in [1.54, 1.807) is 30.1 Å². The molecule has 0 fully saturated rings. The largest absolute Gasteiger partial charge is 0.459 e. The fourth-order valence-corrected chi connectivity index (χ4v) is 4.61. The van der Waals surface area contributed by atoms with Crippen molar-refractivity contribution in [3.8, 4) is 0 Å². The first kappa shape index (κ1) is 21.7. The van der Waals surface area contributed by atoms with Crippen LogP contribution in [0.1, 0.15) is 34.8 Å². The molecule has 8 heteroatoms. The summed E-state index contributed by atoms with van der Waals surface area (Å²) in [6, 6.07) is 15.3. The number of furan rings is 1. The maximum atomic E-state index is 13.0. The van der Waals surface area contributed by atoms with E-state index in [4.69, 9.17) is 4.42 Å². The minimum absolute atomic E-state index is 0.0795. The van der Waals surface area contributed by atoms with Crippen molar-refractivity contribution in [3.63, 3.8) is 0 Å². The molecular weight excluding hydrogens is 426 g/mol. The lowest BCUT2D eigenvalue weighted by molar-refractivity contribution is -0.118. The second-order valence-corrected chi connectivity index (χ2v) is 8.89. The van der Waals surface area contributed by atoms with Crippen LogP contribution in [0.15, 0.2) is 75.1 Å². The van der Waals surface area contributed by atoms with Crippen molar-refractivity contribution in [3.05, 3.63) is 72.2 Å². The topological polar surface area (TPSA) is 91.6 Å². The van der Waals surface area contributed by atoms with E-state index < -0.39 is 11.9 Å². The second kappa shape index (κ2) is 8.92. The number of nitrogens with one attached hydrogen (secondary N) is 2. The van der Waals surface area contributed by atoms with Gasteiger partial charge in [-0.1, -0.05) is 37.7 Å². The van der Waals surface area contributed by atoms with Crippen molar-refractivity contribution in [1.82, 2.24) is 5.32 Å². The third kappa shape index (κ3) is 4.27. The molecule has 164 valence electrons. The van der Waals surface area contributed by atoms with Gasteiger partial charge in [-0.15, -0.1) is 0 Å². The first-order chi connectivity index (χ1) is 15.3. The summed E-state index contributed by atoms with van der Waals surface area (Å²) in [4.78, 5) is 41.5. The van der Waals surface area contributed by atoms with Gasteiger partial charge in [-0.2, -0.15) is 0 Å². The van der Waals surface area contributed by atoms with E-state index in [-0.39, 0.29) is 23.5 Å². The Kier molecular flexibility index (Phi) is 6.05. The van der Waals surface area contributed by atoms with Crippen LogP contribution >= 0.6 is 11.8 Å². The summed E-state index contributed by atoms with van der Waals surface area (Å²) in [7, 11) is 1.74. The van der Waals surface area contributed by atoms with E-state index in [9.17, 15) is 14.4 Å². The third-order valence-electron chi connectivity index (χ3n) is 5.21. The summed E-state index contributed by atoms with van der Waals surface area (Å²) < 4.78 is 5.12. The molecule has 32 heavy (non-hydrogen) atoms. The maximum absolute atomic E-state index is 13.0. The summed E-state index contributed by atoms with van der Waals surface area (Å²) >= 11 is 1.48. The Bertz CT molecular complexity index is 1170. The number of hydrogen-bond acceptors (Lipinski definition) is 5. The first-order valence-electron chi connectivity index (χ1n) is 10.2. The van der Waals surface area contributed by atoms with Crippen LogP contribution in [-0.4, -0.2) is 30.8 Å². The molecule has 1 aliphatic rings. The van der Waals surface area contributed by atoms with Gasteiger partial charge < -0.3 is 20.0 Å². The van der Waals surface area contributed by atoms with E-state index in [0.29, 0.717) is 11.3 Å². The van der Waals surface area contributed by atoms with E-state index in [0.717, 1.165) is 15.5 Å². The molecule has 0 bridgehead atoms. The molecule has 0 saturated carbocycles. The third-order valence-corrected chi connectivity index (χ3v) is 6.33. The first-order valence-corrected chi connectivity index (χ1v) is 11.0. The second-order valence-electron chi connectivity index (χ2n) is 7.81. The number of anilines is 2. The van der Waals surface area contributed by atoms with E-state index in [1.165, 1.54) is 18.0 Å². The van der Waals surface area contributed by atoms with Gasteiger partial charge in [0.15, 0.2) is 5.76 Å². The zero-order valence-corrected chi connectivity index (χ0v) is 18.7. The Morgan fingerprint density at radius 1 is 1.03 bits per heavy atom. The molecule has 7 nitrogen and oxygen atoms in total. The normalized spacial score (nSPS) is 13.8. The van der Waals surface area contributed by atoms with Crippen LogP contribution in [0.3, 0.4) is 0 Å². The van der Waals surface area contributed by atoms with Crippen LogP contribution < -0.4 is 15.5 Å². The Labute approximate surface area is 190 Å². The number of benzene rings is 2. The molecule has 3 aromatic rings. The van der Waals surface area contributed by atoms with Crippen molar-refractivity contribution in [2.24, 2.45) is 5.92 Å². The van der Waals surface area contributed by atoms with Crippen molar-refractivity contribution in [1.29, 1.82) is 0 Å². The molecule has 1 aliphatic heterocycles. The van der Waals surface area contributed by atoms with E-state index in [2.05, 4.69) is 10.6 Å². The lowest BCUT2D eigenvalue weighted by Crippen LogP contribution is -2.47. The zero-order chi connectivity index (χ0) is 22.8. The van der Waals surface area contributed by atoms with Crippen molar-refractivity contribution in [2.45, 2.75) is 29.7 Å². The van der Waals surface area contributed by atoms with E-state index in [1.807, 2.05) is 50.2 Å². The van der Waals surface area contributed by atoms with Gasteiger partial charge in [0, 0.05) is 22.5 Å². The van der Waals surface area contributed by atoms with Gasteiger partial charge in [-0.3, -0.25) is 14.4 Å². The number of amides is 3. The smallest absolute Gasteiger partial charge is 0.287 e. The van der Waals surface area contributed by atoms with Gasteiger partial charge in [-0.25, -0.2) is 0 Å². The molecule has 4 rings (SSSR count). The Morgan fingerprint density at radius 3 is 2.53 bits per heavy atom. The van der Waals surface area contributed by atoms with Gasteiger partial charge in [-0.05, 0) is 48.4 Å². The van der Waals surface area contributed by atoms with Gasteiger partial charge >= 0.3 is 0 Å². The summed E-state index contributed by atoms with van der Waals surface area (Å²) in [5, 5.41) is 5.63. The monoisotopic (exact) mass is 449 g/mol. The molecule has 0 saturated heterocycles. The van der Waals surface area contributed by atoms with Gasteiger partial charge in [0.25, 0.3) is 11.8 Å². The Hall–Kier alpha value is -3.52. The van der Waals surface area contributed by atoms with E-state index >= 15 is 0 Å². The minimum atomic E-state index is -0.746. The molecular formula is C24H23N3O4S. The minimum Gasteiger partial charge on any atom is -0.459 e. The highest BCUT2D eigenvalue weighted by Gasteiger charge is 2.27. The van der Waals surface area contributed by atoms with Crippen LogP contribution in [-0.2, 0) is 4.79 Å². The molecule has 3 amide bonds. The Morgan fingerprint density at radius 2 is 1.81 bits per heavy atom. The lowest BCUT2D eigenvalue weighted by Gasteiger charge is -2.22. The van der Waals surface area contributed by atoms with Crippen LogP contribution in [0.5, 0.6) is 0 Å². The SMILES string of the molecule is CC(C)[C@@H](NC(=O)c1ccco1)C(=O)Nc1ccc2c(c1)Sc1ccccc1C(=O)N2C. The van der Waals surface area contributed by atoms with Crippen LogP contribution in [0.25, 0.3) is 0 Å². The van der Waals surface area contributed by atoms with Crippen LogP contribution in [0.2, 0.25) is 0 Å². The van der Waals surface area contributed by atoms with Gasteiger partial charge in [0.2, 0.25) is 5.91 Å². The molecule has 2 N–H and O–H groups in total. The van der Waals surface area contributed by atoms with Gasteiger partial charge in [0.1, 0.15) is 6.04 Å². The predicted octanol–water partition coefficient (Wildman–Crippen LogP) is 4.41. The summed E-state index contributed by atoms with van der Waals surface area (Å²) in [5.41, 5.74) is 1.99. The number of nitrogens with zero attached hydrogens (tertiary/aromatic N) is 1. The summed E-state index contributed by atoms with van der Waals surface area (Å²) in [6.07, 6.45) is 1.41. The highest BCUT2D eigenvalue weighted by atomic mass is 32.2. The number of rotatable bonds is 5. The average molecular weight is 450 g/mol. The van der Waals surface area contributed by atoms with Crippen molar-refractivity contribution >= 4 is 40.9 Å². The molecule has 1 atom stereocenters. The lowest BCUT2D eigenvalue weighted by atomic mass is 10.0. The molecule has 0 radical (unpaired) electrons. The number of hydrogen-bond donors (Lipinski definition) is 2. The van der Waals surface area contributed by atoms with Crippen LogP contribution in [0, 0.1) is 5.92 Å². The Balaban J connectivity index is 1.56. The molecule has 0 aliphatic carbocycles. The molecule has 2 aromatic carbocycles. The fraction of sp³-hybridized carbons (Fsp3) is 0.208. The van der Waals surface area contributed by atoms with Crippen LogP contribution in [0.4, 0.5) is 11.4 Å². The van der Waals surface area contributed by atoms with Crippen molar-refractivity contribution in [2.75, 3.05) is 17.3 Å². The fourth-order valence-electron chi connectivity index (χ4n) is 3.47. The molecule has 0 unspecified atom stereocenters. The van der Waals surface area contributed by atoms with Gasteiger partial charge in [0.05, 0.1) is 17.5 Å². The zero-order valence-electron chi connectivity index (χ0n) is 17.9. The maximum Gasteiger partial charge on any atom is 0.287 e. The summed E-state index contributed by atoms with van der Waals surface area (Å²) in [5.74, 6) is -0.846. The molecule has 0 spiro atoms. The van der Waals surface area contributed by atoms with Crippen molar-refractivity contribution < 1.29 is 18.8 Å². The highest BCUT2D eigenvalue weighted by molar-refractivity contribution is 7.99. The quantitative estimate of drug-likeness (QED) is 0.602. The number of carbonyl (C=O) groups is 3.